The number of rotatable bonds is 10. The molecule has 0 unspecified atom stereocenters. The van der Waals surface area contributed by atoms with Gasteiger partial charge in [-0.3, -0.25) is 4.79 Å². The third kappa shape index (κ3) is 7.19. The van der Waals surface area contributed by atoms with Gasteiger partial charge in [0, 0.05) is 31.6 Å². The Kier molecular flexibility index (Phi) is 8.64. The number of amides is 1. The van der Waals surface area contributed by atoms with Gasteiger partial charge in [-0.2, -0.15) is 0 Å². The van der Waals surface area contributed by atoms with E-state index in [-0.39, 0.29) is 23.1 Å². The first-order valence-electron chi connectivity index (χ1n) is 7.91. The van der Waals surface area contributed by atoms with Crippen molar-refractivity contribution in [2.24, 2.45) is 0 Å². The van der Waals surface area contributed by atoms with Crippen molar-refractivity contribution >= 4 is 27.5 Å². The summed E-state index contributed by atoms with van der Waals surface area (Å²) < 4.78 is 32.5. The lowest BCUT2D eigenvalue weighted by molar-refractivity contribution is -0.128. The van der Waals surface area contributed by atoms with Gasteiger partial charge in [0.15, 0.2) is 0 Å². The molecule has 0 saturated carbocycles. The van der Waals surface area contributed by atoms with Gasteiger partial charge in [0.2, 0.25) is 15.9 Å². The zero-order chi connectivity index (χ0) is 19.0. The quantitative estimate of drug-likeness (QED) is 0.652. The topological polar surface area (TPSA) is 79.0 Å². The molecule has 1 amide bonds. The molecule has 0 aromatic heterocycles. The summed E-state index contributed by atoms with van der Waals surface area (Å²) in [5.41, 5.74) is 0. The fourth-order valence-corrected chi connectivity index (χ4v) is 3.71. The highest BCUT2D eigenvalue weighted by atomic mass is 35.5. The Morgan fingerprint density at radius 2 is 1.92 bits per heavy atom. The van der Waals surface area contributed by atoms with Gasteiger partial charge in [-0.25, -0.2) is 13.1 Å². The Morgan fingerprint density at radius 3 is 2.48 bits per heavy atom. The predicted molar refractivity (Wildman–Crippen MR) is 98.6 cm³/mol. The maximum Gasteiger partial charge on any atom is 0.244 e. The number of methoxy groups -OCH3 is 1. The fourth-order valence-electron chi connectivity index (χ4n) is 2.26. The molecule has 0 aliphatic rings. The summed E-state index contributed by atoms with van der Waals surface area (Å²) in [6.45, 7) is 3.32. The first-order valence-corrected chi connectivity index (χ1v) is 9.77. The molecule has 1 rings (SSSR count). The lowest BCUT2D eigenvalue weighted by atomic mass is 10.3. The van der Waals surface area contributed by atoms with Crippen LogP contribution in [-0.4, -0.2) is 71.5 Å². The Morgan fingerprint density at radius 1 is 1.24 bits per heavy atom. The number of ether oxygens (including phenoxy) is 1. The summed E-state index contributed by atoms with van der Waals surface area (Å²) in [7, 11) is 1.53. The van der Waals surface area contributed by atoms with Crippen LogP contribution in [0, 0.1) is 0 Å². The van der Waals surface area contributed by atoms with E-state index in [0.717, 1.165) is 13.0 Å². The average molecular weight is 392 g/mol. The second kappa shape index (κ2) is 9.96. The zero-order valence-electron chi connectivity index (χ0n) is 15.1. The molecule has 25 heavy (non-hydrogen) atoms. The predicted octanol–water partition coefficient (Wildman–Crippen LogP) is 1.43. The molecule has 9 heteroatoms. The van der Waals surface area contributed by atoms with Crippen LogP contribution in [0.25, 0.3) is 0 Å². The number of carbonyl (C=O) groups is 1. The molecule has 0 aliphatic heterocycles. The van der Waals surface area contributed by atoms with Crippen molar-refractivity contribution in [1.29, 1.82) is 0 Å². The molecule has 0 bridgehead atoms. The molecule has 0 radical (unpaired) electrons. The summed E-state index contributed by atoms with van der Waals surface area (Å²) in [5.74, 6) is 0.129. The summed E-state index contributed by atoms with van der Waals surface area (Å²) in [6.07, 6.45) is 0.821. The fraction of sp³-hybridized carbons (Fsp3) is 0.562. The van der Waals surface area contributed by atoms with Crippen molar-refractivity contribution in [2.75, 3.05) is 47.4 Å². The lowest BCUT2D eigenvalue weighted by Gasteiger charge is -2.22. The highest BCUT2D eigenvalue weighted by Gasteiger charge is 2.20. The van der Waals surface area contributed by atoms with Gasteiger partial charge in [0.25, 0.3) is 0 Å². The van der Waals surface area contributed by atoms with Gasteiger partial charge in [0.1, 0.15) is 10.6 Å². The molecule has 0 saturated heterocycles. The standard InChI is InChI=1S/C16H26ClN3O4S/c1-13(21)20(10-5-9-19(2)3)11-8-18-25(22,23)16-12-14(17)6-7-15(16)24-4/h6-7,12,18H,5,8-11H2,1-4H3. The Bertz CT molecular complexity index is 680. The van der Waals surface area contributed by atoms with Crippen LogP contribution in [-0.2, 0) is 14.8 Å². The molecular formula is C16H26ClN3O4S. The second-order valence-electron chi connectivity index (χ2n) is 5.86. The highest BCUT2D eigenvalue weighted by Crippen LogP contribution is 2.26. The number of halogens is 1. The third-order valence-electron chi connectivity index (χ3n) is 3.57. The molecule has 142 valence electrons. The summed E-state index contributed by atoms with van der Waals surface area (Å²) in [4.78, 5) is 15.3. The molecule has 1 N–H and O–H groups in total. The summed E-state index contributed by atoms with van der Waals surface area (Å²) >= 11 is 5.88. The minimum Gasteiger partial charge on any atom is -0.495 e. The van der Waals surface area contributed by atoms with Gasteiger partial charge >= 0.3 is 0 Å². The third-order valence-corrected chi connectivity index (χ3v) is 5.29. The monoisotopic (exact) mass is 391 g/mol. The van der Waals surface area contributed by atoms with Gasteiger partial charge in [0.05, 0.1) is 7.11 Å². The van der Waals surface area contributed by atoms with E-state index in [1.165, 1.54) is 26.2 Å². The van der Waals surface area contributed by atoms with Crippen LogP contribution in [0.15, 0.2) is 23.1 Å². The van der Waals surface area contributed by atoms with Crippen molar-refractivity contribution in [2.45, 2.75) is 18.2 Å². The van der Waals surface area contributed by atoms with E-state index in [9.17, 15) is 13.2 Å². The van der Waals surface area contributed by atoms with Gasteiger partial charge in [-0.05, 0) is 45.3 Å². The second-order valence-corrected chi connectivity index (χ2v) is 8.03. The maximum atomic E-state index is 12.5. The van der Waals surface area contributed by atoms with Crippen molar-refractivity contribution < 1.29 is 17.9 Å². The van der Waals surface area contributed by atoms with Crippen LogP contribution >= 0.6 is 11.6 Å². The van der Waals surface area contributed by atoms with E-state index in [2.05, 4.69) is 4.72 Å². The van der Waals surface area contributed by atoms with Gasteiger partial charge in [-0.15, -0.1) is 0 Å². The maximum absolute atomic E-state index is 12.5. The minimum absolute atomic E-state index is 0.0236. The van der Waals surface area contributed by atoms with Crippen LogP contribution in [0.1, 0.15) is 13.3 Å². The van der Waals surface area contributed by atoms with E-state index in [1.807, 2.05) is 19.0 Å². The normalized spacial score (nSPS) is 11.6. The number of sulfonamides is 1. The van der Waals surface area contributed by atoms with E-state index < -0.39 is 10.0 Å². The minimum atomic E-state index is -3.79. The van der Waals surface area contributed by atoms with Crippen LogP contribution in [0.4, 0.5) is 0 Å². The van der Waals surface area contributed by atoms with Crippen LogP contribution in [0.3, 0.4) is 0 Å². The molecule has 0 atom stereocenters. The van der Waals surface area contributed by atoms with Gasteiger partial charge in [-0.1, -0.05) is 11.6 Å². The van der Waals surface area contributed by atoms with E-state index in [0.29, 0.717) is 18.1 Å². The number of nitrogens with one attached hydrogen (secondary N) is 1. The van der Waals surface area contributed by atoms with E-state index in [1.54, 1.807) is 11.0 Å². The van der Waals surface area contributed by atoms with Crippen LogP contribution < -0.4 is 9.46 Å². The molecular weight excluding hydrogens is 366 g/mol. The lowest BCUT2D eigenvalue weighted by Crippen LogP contribution is -2.38. The first-order chi connectivity index (χ1) is 11.7. The highest BCUT2D eigenvalue weighted by molar-refractivity contribution is 7.89. The number of nitrogens with zero attached hydrogens (tertiary/aromatic N) is 2. The summed E-state index contributed by atoms with van der Waals surface area (Å²) in [5, 5.41) is 0.301. The van der Waals surface area contributed by atoms with Gasteiger partial charge < -0.3 is 14.5 Å². The van der Waals surface area contributed by atoms with Crippen LogP contribution in [0.5, 0.6) is 5.75 Å². The number of benzene rings is 1. The largest absolute Gasteiger partial charge is 0.495 e. The molecule has 0 spiro atoms. The van der Waals surface area contributed by atoms with E-state index in [4.69, 9.17) is 16.3 Å². The average Bonchev–Trinajstić information content (AvgIpc) is 2.52. The zero-order valence-corrected chi connectivity index (χ0v) is 16.7. The van der Waals surface area contributed by atoms with Crippen molar-refractivity contribution in [3.8, 4) is 5.75 Å². The smallest absolute Gasteiger partial charge is 0.244 e. The SMILES string of the molecule is COc1ccc(Cl)cc1S(=O)(=O)NCCN(CCCN(C)C)C(C)=O. The molecule has 1 aromatic carbocycles. The first kappa shape index (κ1) is 21.7. The number of hydrogen-bond donors (Lipinski definition) is 1. The Labute approximate surface area is 154 Å². The molecule has 1 aromatic rings. The molecule has 0 heterocycles. The summed E-state index contributed by atoms with van der Waals surface area (Å²) in [6, 6.07) is 4.39. The Balaban J connectivity index is 2.69. The van der Waals surface area contributed by atoms with Crippen molar-refractivity contribution in [3.05, 3.63) is 23.2 Å². The molecule has 0 fully saturated rings. The number of hydrogen-bond acceptors (Lipinski definition) is 5. The van der Waals surface area contributed by atoms with Crippen molar-refractivity contribution in [1.82, 2.24) is 14.5 Å². The van der Waals surface area contributed by atoms with Crippen LogP contribution in [0.2, 0.25) is 5.02 Å². The van der Waals surface area contributed by atoms with E-state index >= 15 is 0 Å². The van der Waals surface area contributed by atoms with Crippen molar-refractivity contribution in [3.63, 3.8) is 0 Å². The molecule has 7 nitrogen and oxygen atoms in total. The number of carbonyl (C=O) groups excluding carboxylic acids is 1. The Hall–Kier alpha value is -1.35. The molecule has 0 aliphatic carbocycles.